The number of carboxylic acid groups (broad SMARTS) is 1. The number of rotatable bonds is 3. The summed E-state index contributed by atoms with van der Waals surface area (Å²) in [6.45, 7) is 0.958. The quantitative estimate of drug-likeness (QED) is 0.931. The zero-order valence-electron chi connectivity index (χ0n) is 10.8. The number of benzene rings is 2. The predicted octanol–water partition coefficient (Wildman–Crippen LogP) is 3.10. The van der Waals surface area contributed by atoms with E-state index in [4.69, 9.17) is 9.47 Å². The van der Waals surface area contributed by atoms with E-state index in [1.807, 2.05) is 36.4 Å². The van der Waals surface area contributed by atoms with Gasteiger partial charge < -0.3 is 14.6 Å². The normalized spacial score (nSPS) is 15.4. The third kappa shape index (κ3) is 2.31. The van der Waals surface area contributed by atoms with Gasteiger partial charge in [-0.2, -0.15) is 0 Å². The van der Waals surface area contributed by atoms with E-state index in [-0.39, 0.29) is 5.56 Å². The van der Waals surface area contributed by atoms with Crippen molar-refractivity contribution in [2.24, 2.45) is 0 Å². The van der Waals surface area contributed by atoms with Gasteiger partial charge in [0, 0.05) is 5.56 Å². The molecule has 4 nitrogen and oxygen atoms in total. The number of hydrogen-bond acceptors (Lipinski definition) is 3. The van der Waals surface area contributed by atoms with Crippen LogP contribution in [0.25, 0.3) is 11.1 Å². The molecule has 20 heavy (non-hydrogen) atoms. The van der Waals surface area contributed by atoms with Gasteiger partial charge in [-0.05, 0) is 17.2 Å². The zero-order chi connectivity index (χ0) is 13.9. The van der Waals surface area contributed by atoms with Crippen molar-refractivity contribution in [2.75, 3.05) is 13.2 Å². The second-order valence-electron chi connectivity index (χ2n) is 4.51. The Balaban J connectivity index is 2.18. The van der Waals surface area contributed by atoms with Gasteiger partial charge in [0.25, 0.3) is 0 Å². The Kier molecular flexibility index (Phi) is 3.50. The van der Waals surface area contributed by atoms with Crippen molar-refractivity contribution in [3.05, 3.63) is 59.7 Å². The van der Waals surface area contributed by atoms with Crippen LogP contribution in [0.5, 0.6) is 0 Å². The molecule has 2 aromatic rings. The van der Waals surface area contributed by atoms with Crippen LogP contribution in [0.15, 0.2) is 48.5 Å². The Morgan fingerprint density at radius 3 is 2.35 bits per heavy atom. The van der Waals surface area contributed by atoms with E-state index in [2.05, 4.69) is 0 Å². The molecule has 1 N–H and O–H groups in total. The third-order valence-electron chi connectivity index (χ3n) is 3.28. The van der Waals surface area contributed by atoms with Crippen LogP contribution in [-0.2, 0) is 9.47 Å². The van der Waals surface area contributed by atoms with Crippen molar-refractivity contribution >= 4 is 5.97 Å². The van der Waals surface area contributed by atoms with Crippen LogP contribution in [0, 0.1) is 0 Å². The predicted molar refractivity (Wildman–Crippen MR) is 73.5 cm³/mol. The lowest BCUT2D eigenvalue weighted by atomic mass is 9.95. The van der Waals surface area contributed by atoms with Crippen LogP contribution in [-0.4, -0.2) is 24.3 Å². The van der Waals surface area contributed by atoms with Gasteiger partial charge in [0.1, 0.15) is 0 Å². The Morgan fingerprint density at radius 1 is 1.00 bits per heavy atom. The second-order valence-corrected chi connectivity index (χ2v) is 4.51. The molecule has 0 atom stereocenters. The average molecular weight is 270 g/mol. The van der Waals surface area contributed by atoms with Crippen LogP contribution in [0.1, 0.15) is 22.2 Å². The summed E-state index contributed by atoms with van der Waals surface area (Å²) >= 11 is 0. The van der Waals surface area contributed by atoms with Gasteiger partial charge in [0.05, 0.1) is 18.8 Å². The fourth-order valence-electron chi connectivity index (χ4n) is 2.40. The fourth-order valence-corrected chi connectivity index (χ4v) is 2.40. The highest BCUT2D eigenvalue weighted by molar-refractivity contribution is 5.92. The van der Waals surface area contributed by atoms with Gasteiger partial charge in [0.2, 0.25) is 0 Å². The first-order valence-corrected chi connectivity index (χ1v) is 6.42. The molecule has 1 saturated heterocycles. The van der Waals surface area contributed by atoms with Gasteiger partial charge in [-0.3, -0.25) is 0 Å². The van der Waals surface area contributed by atoms with E-state index >= 15 is 0 Å². The molecule has 0 radical (unpaired) electrons. The van der Waals surface area contributed by atoms with Crippen LogP contribution in [0.3, 0.4) is 0 Å². The van der Waals surface area contributed by atoms with Crippen LogP contribution < -0.4 is 0 Å². The minimum atomic E-state index is -0.975. The van der Waals surface area contributed by atoms with Gasteiger partial charge in [-0.1, -0.05) is 42.5 Å². The Bertz CT molecular complexity index is 616. The first-order chi connectivity index (χ1) is 9.77. The van der Waals surface area contributed by atoms with Crippen molar-refractivity contribution < 1.29 is 19.4 Å². The van der Waals surface area contributed by atoms with Crippen molar-refractivity contribution in [3.8, 4) is 11.1 Å². The maximum Gasteiger partial charge on any atom is 0.336 e. The lowest BCUT2D eigenvalue weighted by Gasteiger charge is -2.17. The Morgan fingerprint density at radius 2 is 1.70 bits per heavy atom. The number of carboxylic acids is 1. The van der Waals surface area contributed by atoms with Crippen molar-refractivity contribution in [1.29, 1.82) is 0 Å². The average Bonchev–Trinajstić information content (AvgIpc) is 3.01. The molecule has 0 spiro atoms. The molecule has 0 aromatic heterocycles. The first kappa shape index (κ1) is 12.8. The van der Waals surface area contributed by atoms with E-state index < -0.39 is 12.3 Å². The van der Waals surface area contributed by atoms with Crippen LogP contribution >= 0.6 is 0 Å². The summed E-state index contributed by atoms with van der Waals surface area (Å²) in [5, 5.41) is 9.39. The minimum Gasteiger partial charge on any atom is -0.478 e. The highest BCUT2D eigenvalue weighted by Gasteiger charge is 2.27. The van der Waals surface area contributed by atoms with Crippen LogP contribution in [0.4, 0.5) is 0 Å². The van der Waals surface area contributed by atoms with E-state index in [1.54, 1.807) is 12.1 Å². The Hall–Kier alpha value is -2.17. The van der Waals surface area contributed by atoms with E-state index in [0.29, 0.717) is 18.8 Å². The van der Waals surface area contributed by atoms with Gasteiger partial charge in [-0.15, -0.1) is 0 Å². The summed E-state index contributed by atoms with van der Waals surface area (Å²) in [5.41, 5.74) is 2.59. The van der Waals surface area contributed by atoms with Gasteiger partial charge in [0.15, 0.2) is 6.29 Å². The molecule has 1 aliphatic rings. The smallest absolute Gasteiger partial charge is 0.336 e. The van der Waals surface area contributed by atoms with Crippen molar-refractivity contribution in [2.45, 2.75) is 6.29 Å². The molecule has 0 bridgehead atoms. The summed E-state index contributed by atoms with van der Waals surface area (Å²) in [6, 6.07) is 14.9. The number of carbonyl (C=O) groups is 1. The molecule has 4 heteroatoms. The highest BCUT2D eigenvalue weighted by Crippen LogP contribution is 2.35. The Labute approximate surface area is 116 Å². The molecule has 0 unspecified atom stereocenters. The van der Waals surface area contributed by atoms with Crippen LogP contribution in [0.2, 0.25) is 0 Å². The molecule has 102 valence electrons. The lowest BCUT2D eigenvalue weighted by molar-refractivity contribution is -0.0443. The summed E-state index contributed by atoms with van der Waals surface area (Å²) in [6.07, 6.45) is -0.613. The molecule has 2 aromatic carbocycles. The third-order valence-corrected chi connectivity index (χ3v) is 3.28. The van der Waals surface area contributed by atoms with E-state index in [1.165, 1.54) is 0 Å². The molecule has 0 amide bonds. The van der Waals surface area contributed by atoms with Gasteiger partial charge in [-0.25, -0.2) is 4.79 Å². The minimum absolute atomic E-state index is 0.221. The molecule has 1 fully saturated rings. The van der Waals surface area contributed by atoms with Crippen molar-refractivity contribution in [3.63, 3.8) is 0 Å². The number of hydrogen-bond donors (Lipinski definition) is 1. The lowest BCUT2D eigenvalue weighted by Crippen LogP contribution is -2.09. The number of ether oxygens (including phenoxy) is 2. The maximum atomic E-state index is 11.5. The zero-order valence-corrected chi connectivity index (χ0v) is 10.8. The van der Waals surface area contributed by atoms with E-state index in [9.17, 15) is 9.90 Å². The molecular formula is C16H14O4. The molecule has 0 saturated carbocycles. The number of aromatic carboxylic acids is 1. The van der Waals surface area contributed by atoms with Gasteiger partial charge >= 0.3 is 5.97 Å². The van der Waals surface area contributed by atoms with Crippen molar-refractivity contribution in [1.82, 2.24) is 0 Å². The molecule has 3 rings (SSSR count). The maximum absolute atomic E-state index is 11.5. The second kappa shape index (κ2) is 5.45. The van der Waals surface area contributed by atoms with E-state index in [0.717, 1.165) is 11.1 Å². The SMILES string of the molecule is O=C(O)c1cccc(-c2ccccc2)c1C1OCCO1. The fraction of sp³-hybridized carbons (Fsp3) is 0.188. The first-order valence-electron chi connectivity index (χ1n) is 6.42. The standard InChI is InChI=1S/C16H14O4/c17-15(18)13-8-4-7-12(11-5-2-1-3-6-11)14(13)16-19-9-10-20-16/h1-8,16H,9-10H2,(H,17,18). The monoisotopic (exact) mass is 270 g/mol. The summed E-state index contributed by atoms with van der Waals surface area (Å²) in [5.74, 6) is -0.975. The topological polar surface area (TPSA) is 55.8 Å². The summed E-state index contributed by atoms with van der Waals surface area (Å²) < 4.78 is 11.0. The molecule has 1 aliphatic heterocycles. The largest absolute Gasteiger partial charge is 0.478 e. The summed E-state index contributed by atoms with van der Waals surface area (Å²) in [7, 11) is 0. The summed E-state index contributed by atoms with van der Waals surface area (Å²) in [4.78, 5) is 11.5. The molecule has 1 heterocycles. The molecule has 0 aliphatic carbocycles. The molecular weight excluding hydrogens is 256 g/mol. The highest BCUT2D eigenvalue weighted by atomic mass is 16.7.